The van der Waals surface area contributed by atoms with E-state index in [4.69, 9.17) is 14.2 Å². The first-order valence-corrected chi connectivity index (χ1v) is 8.09. The predicted molar refractivity (Wildman–Crippen MR) is 84.6 cm³/mol. The highest BCUT2D eigenvalue weighted by Crippen LogP contribution is 2.09. The normalized spacial score (nSPS) is 12.0. The largest absolute Gasteiger partial charge is 0.467 e. The average molecular weight is 317 g/mol. The van der Waals surface area contributed by atoms with Gasteiger partial charge in [-0.3, -0.25) is 4.79 Å². The number of nitrogens with one attached hydrogen (secondary N) is 1. The van der Waals surface area contributed by atoms with Gasteiger partial charge < -0.3 is 19.5 Å². The number of carbonyl (C=O) groups is 2. The van der Waals surface area contributed by atoms with E-state index in [0.29, 0.717) is 19.6 Å². The van der Waals surface area contributed by atoms with Gasteiger partial charge in [0.25, 0.3) is 0 Å². The lowest BCUT2D eigenvalue weighted by atomic mass is 10.1. The molecule has 6 heteroatoms. The predicted octanol–water partition coefficient (Wildman–Crippen LogP) is 2.06. The van der Waals surface area contributed by atoms with Crippen molar-refractivity contribution in [2.45, 2.75) is 57.9 Å². The van der Waals surface area contributed by atoms with Gasteiger partial charge in [-0.25, -0.2) is 4.79 Å². The van der Waals surface area contributed by atoms with Crippen LogP contribution >= 0.6 is 0 Å². The molecule has 0 saturated heterocycles. The number of methoxy groups -OCH3 is 2. The lowest BCUT2D eigenvalue weighted by Crippen LogP contribution is -2.43. The summed E-state index contributed by atoms with van der Waals surface area (Å²) in [6.45, 7) is 2.89. The molecule has 0 unspecified atom stereocenters. The maximum absolute atomic E-state index is 11.7. The molecule has 0 aromatic rings. The number of carbonyl (C=O) groups excluding carboxylic acids is 2. The van der Waals surface area contributed by atoms with E-state index in [1.807, 2.05) is 0 Å². The van der Waals surface area contributed by atoms with Gasteiger partial charge in [-0.2, -0.15) is 0 Å². The lowest BCUT2D eigenvalue weighted by Gasteiger charge is -2.16. The zero-order valence-corrected chi connectivity index (χ0v) is 14.2. The Kier molecular flexibility index (Phi) is 14.0. The molecule has 0 saturated carbocycles. The van der Waals surface area contributed by atoms with Crippen molar-refractivity contribution < 1.29 is 23.8 Å². The molecule has 0 aromatic carbocycles. The Morgan fingerprint density at radius 2 is 1.68 bits per heavy atom. The molecule has 0 aliphatic heterocycles. The highest BCUT2D eigenvalue weighted by atomic mass is 16.5. The molecule has 22 heavy (non-hydrogen) atoms. The summed E-state index contributed by atoms with van der Waals surface area (Å²) in [6, 6.07) is -0.588. The van der Waals surface area contributed by atoms with Gasteiger partial charge in [-0.1, -0.05) is 45.4 Å². The Bertz CT molecular complexity index is 296. The van der Waals surface area contributed by atoms with Gasteiger partial charge in [-0.15, -0.1) is 0 Å². The van der Waals surface area contributed by atoms with Crippen LogP contribution < -0.4 is 5.32 Å². The highest BCUT2D eigenvalue weighted by Gasteiger charge is 2.20. The second-order valence-corrected chi connectivity index (χ2v) is 5.25. The minimum Gasteiger partial charge on any atom is -0.467 e. The van der Waals surface area contributed by atoms with E-state index in [0.717, 1.165) is 19.3 Å². The first-order valence-electron chi connectivity index (χ1n) is 8.09. The standard InChI is InChI=1S/C16H31NO5/c1-4-5-6-7-8-9-10-14(16(19)21-3)17-15(18)13-22-12-11-20-2/h14H,4-13H2,1-3H3,(H,17,18)/t14-/m0/s1. The van der Waals surface area contributed by atoms with Gasteiger partial charge >= 0.3 is 5.97 Å². The van der Waals surface area contributed by atoms with Gasteiger partial charge in [0.1, 0.15) is 12.6 Å². The zero-order valence-electron chi connectivity index (χ0n) is 14.2. The number of hydrogen-bond acceptors (Lipinski definition) is 5. The zero-order chi connectivity index (χ0) is 16.6. The molecule has 0 aromatic heterocycles. The summed E-state index contributed by atoms with van der Waals surface area (Å²) < 4.78 is 14.7. The van der Waals surface area contributed by atoms with E-state index in [-0.39, 0.29) is 12.5 Å². The quantitative estimate of drug-likeness (QED) is 0.392. The average Bonchev–Trinajstić information content (AvgIpc) is 2.53. The highest BCUT2D eigenvalue weighted by molar-refractivity contribution is 5.84. The summed E-state index contributed by atoms with van der Waals surface area (Å²) >= 11 is 0. The van der Waals surface area contributed by atoms with Crippen LogP contribution in [0.15, 0.2) is 0 Å². The van der Waals surface area contributed by atoms with Crippen molar-refractivity contribution in [2.75, 3.05) is 34.0 Å². The molecule has 1 atom stereocenters. The van der Waals surface area contributed by atoms with E-state index in [1.165, 1.54) is 26.4 Å². The third-order valence-electron chi connectivity index (χ3n) is 3.33. The molecular formula is C16H31NO5. The molecule has 0 radical (unpaired) electrons. The molecular weight excluding hydrogens is 286 g/mol. The molecule has 1 N–H and O–H groups in total. The molecule has 130 valence electrons. The molecule has 0 aliphatic carbocycles. The van der Waals surface area contributed by atoms with Crippen LogP contribution in [0.3, 0.4) is 0 Å². The van der Waals surface area contributed by atoms with E-state index < -0.39 is 12.0 Å². The monoisotopic (exact) mass is 317 g/mol. The summed E-state index contributed by atoms with van der Waals surface area (Å²) in [5.41, 5.74) is 0. The van der Waals surface area contributed by atoms with Crippen LogP contribution in [0.4, 0.5) is 0 Å². The van der Waals surface area contributed by atoms with Gasteiger partial charge in [0, 0.05) is 7.11 Å². The number of esters is 1. The Morgan fingerprint density at radius 3 is 2.32 bits per heavy atom. The Hall–Kier alpha value is -1.14. The molecule has 0 bridgehead atoms. The molecule has 0 fully saturated rings. The third-order valence-corrected chi connectivity index (χ3v) is 3.33. The fourth-order valence-electron chi connectivity index (χ4n) is 2.06. The van der Waals surface area contributed by atoms with E-state index in [2.05, 4.69) is 12.2 Å². The SMILES string of the molecule is CCCCCCCC[C@H](NC(=O)COCCOC)C(=O)OC. The summed E-state index contributed by atoms with van der Waals surface area (Å²) in [5, 5.41) is 2.67. The van der Waals surface area contributed by atoms with Crippen LogP contribution in [-0.2, 0) is 23.8 Å². The summed E-state index contributed by atoms with van der Waals surface area (Å²) in [6.07, 6.45) is 7.40. The van der Waals surface area contributed by atoms with Crippen molar-refractivity contribution in [1.29, 1.82) is 0 Å². The molecule has 6 nitrogen and oxygen atoms in total. The molecule has 0 spiro atoms. The van der Waals surface area contributed by atoms with Crippen LogP contribution in [0.25, 0.3) is 0 Å². The van der Waals surface area contributed by atoms with Crippen LogP contribution in [0.1, 0.15) is 51.9 Å². The number of unbranched alkanes of at least 4 members (excludes halogenated alkanes) is 5. The van der Waals surface area contributed by atoms with Crippen molar-refractivity contribution >= 4 is 11.9 Å². The van der Waals surface area contributed by atoms with Crippen LogP contribution in [-0.4, -0.2) is 52.0 Å². The van der Waals surface area contributed by atoms with Crippen molar-refractivity contribution in [2.24, 2.45) is 0 Å². The van der Waals surface area contributed by atoms with E-state index in [9.17, 15) is 9.59 Å². The molecule has 0 aliphatic rings. The number of ether oxygens (including phenoxy) is 3. The molecule has 1 amide bonds. The van der Waals surface area contributed by atoms with Crippen molar-refractivity contribution in [3.63, 3.8) is 0 Å². The number of hydrogen-bond donors (Lipinski definition) is 1. The first-order chi connectivity index (χ1) is 10.7. The van der Waals surface area contributed by atoms with Crippen molar-refractivity contribution in [3.8, 4) is 0 Å². The maximum Gasteiger partial charge on any atom is 0.328 e. The second-order valence-electron chi connectivity index (χ2n) is 5.25. The maximum atomic E-state index is 11.7. The topological polar surface area (TPSA) is 73.9 Å². The van der Waals surface area contributed by atoms with Crippen LogP contribution in [0.5, 0.6) is 0 Å². The van der Waals surface area contributed by atoms with E-state index >= 15 is 0 Å². The number of amides is 1. The van der Waals surface area contributed by atoms with Gasteiger partial charge in [0.2, 0.25) is 5.91 Å². The molecule has 0 rings (SSSR count). The minimum absolute atomic E-state index is 0.0760. The van der Waals surface area contributed by atoms with Crippen LogP contribution in [0.2, 0.25) is 0 Å². The van der Waals surface area contributed by atoms with Gasteiger partial charge in [0.15, 0.2) is 0 Å². The summed E-state index contributed by atoms with van der Waals surface area (Å²) in [4.78, 5) is 23.4. The number of rotatable bonds is 14. The van der Waals surface area contributed by atoms with Crippen LogP contribution in [0, 0.1) is 0 Å². The third kappa shape index (κ3) is 11.5. The fraction of sp³-hybridized carbons (Fsp3) is 0.875. The Labute approximate surface area is 133 Å². The minimum atomic E-state index is -0.588. The smallest absolute Gasteiger partial charge is 0.328 e. The fourth-order valence-corrected chi connectivity index (χ4v) is 2.06. The van der Waals surface area contributed by atoms with E-state index in [1.54, 1.807) is 7.11 Å². The molecule has 0 heterocycles. The Morgan fingerprint density at radius 1 is 1.00 bits per heavy atom. The summed E-state index contributed by atoms with van der Waals surface area (Å²) in [5.74, 6) is -0.712. The van der Waals surface area contributed by atoms with Crippen molar-refractivity contribution in [3.05, 3.63) is 0 Å². The second kappa shape index (κ2) is 14.8. The first kappa shape index (κ1) is 20.9. The summed E-state index contributed by atoms with van der Waals surface area (Å²) in [7, 11) is 2.90. The van der Waals surface area contributed by atoms with Gasteiger partial charge in [0.05, 0.1) is 20.3 Å². The van der Waals surface area contributed by atoms with Crippen molar-refractivity contribution in [1.82, 2.24) is 5.32 Å². The lowest BCUT2D eigenvalue weighted by molar-refractivity contribution is -0.146. The Balaban J connectivity index is 3.96. The van der Waals surface area contributed by atoms with Gasteiger partial charge in [-0.05, 0) is 6.42 Å².